The van der Waals surface area contributed by atoms with Crippen molar-refractivity contribution in [2.24, 2.45) is 0 Å². The molecule has 0 radical (unpaired) electrons. The molecule has 0 aliphatic carbocycles. The third-order valence-corrected chi connectivity index (χ3v) is 6.27. The average Bonchev–Trinajstić information content (AvgIpc) is 3.57. The van der Waals surface area contributed by atoms with E-state index in [1.165, 1.54) is 4.88 Å². The fraction of sp³-hybridized carbons (Fsp3) is 0.182. The lowest BCUT2D eigenvalue weighted by molar-refractivity contribution is 0.432. The first-order valence-corrected chi connectivity index (χ1v) is 11.0. The van der Waals surface area contributed by atoms with Gasteiger partial charge in [0.25, 0.3) is 5.89 Å². The molecule has 0 fully saturated rings. The third-order valence-electron chi connectivity index (χ3n) is 5.25. The van der Waals surface area contributed by atoms with Crippen LogP contribution in [0.2, 0.25) is 0 Å². The maximum atomic E-state index is 5.72. The normalized spacial score (nSPS) is 11.9. The van der Waals surface area contributed by atoms with E-state index in [0.29, 0.717) is 17.4 Å². The topological polar surface area (TPSA) is 99.8 Å². The summed E-state index contributed by atoms with van der Waals surface area (Å²) in [6.45, 7) is 6.25. The minimum absolute atomic E-state index is 0.165. The Bertz CT molecular complexity index is 1590. The molecule has 0 bridgehead atoms. The summed E-state index contributed by atoms with van der Waals surface area (Å²) in [6, 6.07) is 6.34. The van der Waals surface area contributed by atoms with Crippen molar-refractivity contribution in [3.63, 3.8) is 0 Å². The maximum Gasteiger partial charge on any atom is 0.259 e. The molecule has 0 N–H and O–H groups in total. The lowest BCUT2D eigenvalue weighted by atomic mass is 10.1. The summed E-state index contributed by atoms with van der Waals surface area (Å²) in [5.41, 5.74) is 3.90. The number of hydrogen-bond donors (Lipinski definition) is 0. The number of fused-ring (bicyclic) bond motifs is 2. The zero-order valence-electron chi connectivity index (χ0n) is 17.6. The molecule has 0 aliphatic heterocycles. The first kappa shape index (κ1) is 18.8. The molecule has 6 heterocycles. The van der Waals surface area contributed by atoms with Crippen LogP contribution >= 0.6 is 11.3 Å². The van der Waals surface area contributed by atoms with E-state index < -0.39 is 0 Å². The number of thiophene rings is 1. The van der Waals surface area contributed by atoms with E-state index in [0.717, 1.165) is 32.9 Å². The summed E-state index contributed by atoms with van der Waals surface area (Å²) >= 11 is 1.70. The van der Waals surface area contributed by atoms with E-state index in [-0.39, 0.29) is 6.04 Å². The Morgan fingerprint density at radius 3 is 2.81 bits per heavy atom. The quantitative estimate of drug-likeness (QED) is 0.386. The van der Waals surface area contributed by atoms with E-state index in [2.05, 4.69) is 53.1 Å². The summed E-state index contributed by atoms with van der Waals surface area (Å²) in [5.74, 6) is 0.864. The van der Waals surface area contributed by atoms with E-state index in [1.807, 2.05) is 27.5 Å². The Balaban J connectivity index is 1.54. The van der Waals surface area contributed by atoms with Gasteiger partial charge >= 0.3 is 0 Å². The molecular weight excluding hydrogens is 424 g/mol. The molecule has 0 atom stereocenters. The van der Waals surface area contributed by atoms with Gasteiger partial charge in [-0.25, -0.2) is 14.6 Å². The van der Waals surface area contributed by atoms with Crippen LogP contribution in [0.4, 0.5) is 0 Å². The molecule has 0 aromatic carbocycles. The van der Waals surface area contributed by atoms with Gasteiger partial charge in [0.15, 0.2) is 11.3 Å². The first-order valence-electron chi connectivity index (χ1n) is 10.1. The average molecular weight is 443 g/mol. The van der Waals surface area contributed by atoms with Crippen LogP contribution < -0.4 is 0 Å². The first-order chi connectivity index (χ1) is 15.6. The Morgan fingerprint density at radius 1 is 1.09 bits per heavy atom. The second-order valence-electron chi connectivity index (χ2n) is 7.76. The predicted molar refractivity (Wildman–Crippen MR) is 121 cm³/mol. The summed E-state index contributed by atoms with van der Waals surface area (Å²) in [5, 5.41) is 9.66. The highest BCUT2D eigenvalue weighted by atomic mass is 32.1. The molecule has 6 rings (SSSR count). The van der Waals surface area contributed by atoms with E-state index in [1.54, 1.807) is 29.9 Å². The molecule has 158 valence electrons. The molecule has 9 nitrogen and oxygen atoms in total. The summed E-state index contributed by atoms with van der Waals surface area (Å²) < 4.78 is 9.51. The maximum absolute atomic E-state index is 5.72. The van der Waals surface area contributed by atoms with Crippen molar-refractivity contribution in [1.82, 2.24) is 39.3 Å². The Kier molecular flexibility index (Phi) is 4.15. The van der Waals surface area contributed by atoms with Gasteiger partial charge < -0.3 is 4.52 Å². The predicted octanol–water partition coefficient (Wildman–Crippen LogP) is 4.81. The monoisotopic (exact) mass is 442 g/mol. The standard InChI is InChI=1S/C22H18N8OS/c1-12(2)30-21-15(9-25-30)14(8-16(26-21)18-5-4-13(3)32-18)22-27-20(28-31-22)17-10-24-19-11-23-6-7-29(17)19/h4-12H,1-3H3. The van der Waals surface area contributed by atoms with Gasteiger partial charge in [0.2, 0.25) is 5.82 Å². The fourth-order valence-electron chi connectivity index (χ4n) is 3.72. The van der Waals surface area contributed by atoms with Crippen molar-refractivity contribution in [3.8, 4) is 33.5 Å². The summed E-state index contributed by atoms with van der Waals surface area (Å²) in [7, 11) is 0. The van der Waals surface area contributed by atoms with Gasteiger partial charge in [0.1, 0.15) is 5.69 Å². The van der Waals surface area contributed by atoms with Gasteiger partial charge in [-0.1, -0.05) is 5.16 Å². The second-order valence-corrected chi connectivity index (χ2v) is 9.04. The largest absolute Gasteiger partial charge is 0.334 e. The highest BCUT2D eigenvalue weighted by molar-refractivity contribution is 7.15. The Morgan fingerprint density at radius 2 is 2.00 bits per heavy atom. The van der Waals surface area contributed by atoms with E-state index in [4.69, 9.17) is 14.5 Å². The number of aromatic nitrogens is 8. The minimum Gasteiger partial charge on any atom is -0.334 e. The van der Waals surface area contributed by atoms with Gasteiger partial charge in [-0.2, -0.15) is 10.1 Å². The van der Waals surface area contributed by atoms with Crippen LogP contribution in [0.3, 0.4) is 0 Å². The lowest BCUT2D eigenvalue weighted by Crippen LogP contribution is -2.03. The van der Waals surface area contributed by atoms with Crippen LogP contribution in [-0.2, 0) is 0 Å². The van der Waals surface area contributed by atoms with Crippen molar-refractivity contribution < 1.29 is 4.52 Å². The van der Waals surface area contributed by atoms with Crippen molar-refractivity contribution in [3.05, 3.63) is 54.1 Å². The van der Waals surface area contributed by atoms with Crippen molar-refractivity contribution in [2.75, 3.05) is 0 Å². The van der Waals surface area contributed by atoms with Crippen LogP contribution in [0.1, 0.15) is 24.8 Å². The number of imidazole rings is 1. The highest BCUT2D eigenvalue weighted by Crippen LogP contribution is 2.35. The lowest BCUT2D eigenvalue weighted by Gasteiger charge is -2.08. The van der Waals surface area contributed by atoms with Crippen molar-refractivity contribution in [2.45, 2.75) is 26.8 Å². The van der Waals surface area contributed by atoms with Gasteiger partial charge in [-0.05, 0) is 39.0 Å². The van der Waals surface area contributed by atoms with Gasteiger partial charge in [0.05, 0.1) is 40.1 Å². The number of aryl methyl sites for hydroxylation is 1. The SMILES string of the molecule is Cc1ccc(-c2cc(-c3nc(-c4cnc5cnccn45)no3)c3cnn(C(C)C)c3n2)s1. The van der Waals surface area contributed by atoms with Crippen LogP contribution in [0.5, 0.6) is 0 Å². The summed E-state index contributed by atoms with van der Waals surface area (Å²) in [4.78, 5) is 20.4. The van der Waals surface area contributed by atoms with Crippen molar-refractivity contribution in [1.29, 1.82) is 0 Å². The van der Waals surface area contributed by atoms with Crippen LogP contribution in [-0.4, -0.2) is 39.3 Å². The molecule has 0 saturated heterocycles. The molecule has 0 saturated carbocycles. The third kappa shape index (κ3) is 2.91. The molecule has 0 aliphatic rings. The summed E-state index contributed by atoms with van der Waals surface area (Å²) in [6.07, 6.45) is 8.73. The molecule has 0 spiro atoms. The second kappa shape index (κ2) is 7.06. The number of rotatable bonds is 4. The van der Waals surface area contributed by atoms with Gasteiger partial charge in [-0.3, -0.25) is 9.38 Å². The van der Waals surface area contributed by atoms with Crippen molar-refractivity contribution >= 4 is 28.0 Å². The zero-order valence-corrected chi connectivity index (χ0v) is 18.4. The molecule has 32 heavy (non-hydrogen) atoms. The highest BCUT2D eigenvalue weighted by Gasteiger charge is 2.21. The molecule has 6 aromatic rings. The number of pyridine rings is 1. The zero-order chi connectivity index (χ0) is 21.8. The molecule has 6 aromatic heterocycles. The minimum atomic E-state index is 0.165. The number of hydrogen-bond acceptors (Lipinski definition) is 8. The van der Waals surface area contributed by atoms with E-state index >= 15 is 0 Å². The number of nitrogens with zero attached hydrogens (tertiary/aromatic N) is 8. The van der Waals surface area contributed by atoms with E-state index in [9.17, 15) is 0 Å². The molecule has 10 heteroatoms. The molecule has 0 amide bonds. The van der Waals surface area contributed by atoms with Crippen LogP contribution in [0, 0.1) is 6.92 Å². The Hall–Kier alpha value is -3.92. The molecule has 0 unspecified atom stereocenters. The fourth-order valence-corrected chi connectivity index (χ4v) is 4.54. The molecular formula is C22H18N8OS. The smallest absolute Gasteiger partial charge is 0.259 e. The van der Waals surface area contributed by atoms with Gasteiger partial charge in [0, 0.05) is 23.3 Å². The van der Waals surface area contributed by atoms with Crippen LogP contribution in [0.25, 0.3) is 50.2 Å². The van der Waals surface area contributed by atoms with Gasteiger partial charge in [-0.15, -0.1) is 11.3 Å². The Labute approximate surface area is 186 Å². The van der Waals surface area contributed by atoms with Crippen LogP contribution in [0.15, 0.2) is 53.7 Å².